The molecule has 0 spiro atoms. The SMILES string of the molecule is [C-]#[N+]c1c(F)cc(Cc2ccccn2)cc1OC. The molecule has 0 atom stereocenters. The summed E-state index contributed by atoms with van der Waals surface area (Å²) in [5.41, 5.74) is 1.49. The first-order valence-corrected chi connectivity index (χ1v) is 5.38. The number of hydrogen-bond acceptors (Lipinski definition) is 2. The molecule has 1 aromatic carbocycles. The molecule has 4 heteroatoms. The highest BCUT2D eigenvalue weighted by molar-refractivity contribution is 5.60. The number of nitrogens with zero attached hydrogens (tertiary/aromatic N) is 2. The van der Waals surface area contributed by atoms with Crippen LogP contribution in [0, 0.1) is 12.4 Å². The summed E-state index contributed by atoms with van der Waals surface area (Å²) in [5.74, 6) is -0.300. The molecular formula is C14H11FN2O. The molecule has 0 amide bonds. The van der Waals surface area contributed by atoms with Gasteiger partial charge in [-0.2, -0.15) is 0 Å². The third kappa shape index (κ3) is 2.46. The highest BCUT2D eigenvalue weighted by Crippen LogP contribution is 2.32. The van der Waals surface area contributed by atoms with E-state index in [1.165, 1.54) is 13.2 Å². The molecule has 2 aromatic rings. The Bertz CT molecular complexity index is 591. The fraction of sp³-hybridized carbons (Fsp3) is 0.143. The second-order valence-corrected chi connectivity index (χ2v) is 3.74. The maximum Gasteiger partial charge on any atom is 0.262 e. The van der Waals surface area contributed by atoms with E-state index in [0.717, 1.165) is 11.3 Å². The monoisotopic (exact) mass is 242 g/mol. The topological polar surface area (TPSA) is 26.5 Å². The summed E-state index contributed by atoms with van der Waals surface area (Å²) < 4.78 is 18.7. The van der Waals surface area contributed by atoms with Crippen LogP contribution in [-0.2, 0) is 6.42 Å². The number of hydrogen-bond donors (Lipinski definition) is 0. The number of pyridine rings is 1. The van der Waals surface area contributed by atoms with Crippen molar-refractivity contribution in [2.75, 3.05) is 7.11 Å². The van der Waals surface area contributed by atoms with Crippen molar-refractivity contribution in [1.29, 1.82) is 0 Å². The lowest BCUT2D eigenvalue weighted by atomic mass is 10.1. The third-order valence-corrected chi connectivity index (χ3v) is 2.53. The molecule has 90 valence electrons. The summed E-state index contributed by atoms with van der Waals surface area (Å²) in [6, 6.07) is 8.60. The van der Waals surface area contributed by atoms with Crippen LogP contribution in [-0.4, -0.2) is 12.1 Å². The smallest absolute Gasteiger partial charge is 0.262 e. The maximum atomic E-state index is 13.7. The van der Waals surface area contributed by atoms with Crippen LogP contribution in [0.15, 0.2) is 36.5 Å². The molecule has 0 saturated heterocycles. The highest BCUT2D eigenvalue weighted by Gasteiger charge is 2.12. The first kappa shape index (κ1) is 12.1. The lowest BCUT2D eigenvalue weighted by Gasteiger charge is -2.07. The minimum atomic E-state index is -0.560. The summed E-state index contributed by atoms with van der Waals surface area (Å²) in [5, 5.41) is 0. The van der Waals surface area contributed by atoms with Crippen molar-refractivity contribution in [1.82, 2.24) is 4.98 Å². The van der Waals surface area contributed by atoms with Gasteiger partial charge >= 0.3 is 0 Å². The Labute approximate surface area is 105 Å². The zero-order valence-electron chi connectivity index (χ0n) is 9.85. The Kier molecular flexibility index (Phi) is 3.54. The summed E-state index contributed by atoms with van der Waals surface area (Å²) in [7, 11) is 1.42. The van der Waals surface area contributed by atoms with E-state index in [0.29, 0.717) is 6.42 Å². The van der Waals surface area contributed by atoms with Gasteiger partial charge in [-0.3, -0.25) is 4.98 Å². The van der Waals surface area contributed by atoms with E-state index in [2.05, 4.69) is 9.83 Å². The zero-order chi connectivity index (χ0) is 13.0. The van der Waals surface area contributed by atoms with Gasteiger partial charge in [0.05, 0.1) is 13.7 Å². The maximum absolute atomic E-state index is 13.7. The summed E-state index contributed by atoms with van der Waals surface area (Å²) in [4.78, 5) is 7.30. The second kappa shape index (κ2) is 5.28. The third-order valence-electron chi connectivity index (χ3n) is 2.53. The van der Waals surface area contributed by atoms with Gasteiger partial charge in [-0.05, 0) is 29.8 Å². The Balaban J connectivity index is 2.36. The van der Waals surface area contributed by atoms with Crippen LogP contribution >= 0.6 is 0 Å². The average molecular weight is 242 g/mol. The summed E-state index contributed by atoms with van der Waals surface area (Å²) >= 11 is 0. The van der Waals surface area contributed by atoms with E-state index in [4.69, 9.17) is 11.3 Å². The van der Waals surface area contributed by atoms with Gasteiger partial charge in [-0.25, -0.2) is 9.24 Å². The van der Waals surface area contributed by atoms with Gasteiger partial charge < -0.3 is 4.74 Å². The summed E-state index contributed by atoms with van der Waals surface area (Å²) in [6.07, 6.45) is 2.20. The molecule has 0 N–H and O–H groups in total. The van der Waals surface area contributed by atoms with Crippen molar-refractivity contribution in [3.05, 3.63) is 65.0 Å². The van der Waals surface area contributed by atoms with Crippen molar-refractivity contribution >= 4 is 5.69 Å². The molecule has 0 aliphatic rings. The zero-order valence-corrected chi connectivity index (χ0v) is 9.85. The molecule has 0 radical (unpaired) electrons. The first-order valence-electron chi connectivity index (χ1n) is 5.38. The molecule has 0 fully saturated rings. The van der Waals surface area contributed by atoms with Crippen LogP contribution in [0.3, 0.4) is 0 Å². The molecule has 18 heavy (non-hydrogen) atoms. The lowest BCUT2D eigenvalue weighted by Crippen LogP contribution is -1.94. The van der Waals surface area contributed by atoms with Gasteiger partial charge in [0.15, 0.2) is 0 Å². The summed E-state index contributed by atoms with van der Waals surface area (Å²) in [6.45, 7) is 6.91. The van der Waals surface area contributed by atoms with Gasteiger partial charge in [-0.15, -0.1) is 0 Å². The quantitative estimate of drug-likeness (QED) is 0.771. The van der Waals surface area contributed by atoms with Gasteiger partial charge in [-0.1, -0.05) is 6.07 Å². The van der Waals surface area contributed by atoms with E-state index in [1.807, 2.05) is 18.2 Å². The number of rotatable bonds is 3. The standard InChI is InChI=1S/C14H11FN2O/c1-16-14-12(15)8-10(9-13(14)18-2)7-11-5-3-4-6-17-11/h3-6,8-9H,7H2,2H3. The average Bonchev–Trinajstić information content (AvgIpc) is 2.39. The molecular weight excluding hydrogens is 231 g/mol. The molecule has 0 bridgehead atoms. The van der Waals surface area contributed by atoms with E-state index < -0.39 is 5.82 Å². The van der Waals surface area contributed by atoms with Gasteiger partial charge in [0, 0.05) is 18.3 Å². The Hall–Kier alpha value is -2.41. The van der Waals surface area contributed by atoms with E-state index in [-0.39, 0.29) is 11.4 Å². The molecule has 1 aromatic heterocycles. The molecule has 0 saturated carbocycles. The van der Waals surface area contributed by atoms with E-state index in [1.54, 1.807) is 12.3 Å². The van der Waals surface area contributed by atoms with Crippen LogP contribution in [0.4, 0.5) is 10.1 Å². The van der Waals surface area contributed by atoms with Crippen LogP contribution in [0.5, 0.6) is 5.75 Å². The van der Waals surface area contributed by atoms with Crippen molar-refractivity contribution in [3.63, 3.8) is 0 Å². The fourth-order valence-electron chi connectivity index (χ4n) is 1.71. The Morgan fingerprint density at radius 2 is 2.22 bits per heavy atom. The Morgan fingerprint density at radius 1 is 1.39 bits per heavy atom. The largest absolute Gasteiger partial charge is 0.508 e. The molecule has 0 unspecified atom stereocenters. The van der Waals surface area contributed by atoms with E-state index in [9.17, 15) is 4.39 Å². The predicted octanol–water partition coefficient (Wildman–Crippen LogP) is 3.37. The highest BCUT2D eigenvalue weighted by atomic mass is 19.1. The normalized spacial score (nSPS) is 9.83. The number of benzene rings is 1. The molecule has 2 rings (SSSR count). The van der Waals surface area contributed by atoms with Crippen LogP contribution in [0.2, 0.25) is 0 Å². The predicted molar refractivity (Wildman–Crippen MR) is 66.3 cm³/mol. The van der Waals surface area contributed by atoms with Gasteiger partial charge in [0.2, 0.25) is 0 Å². The fourth-order valence-corrected chi connectivity index (χ4v) is 1.71. The van der Waals surface area contributed by atoms with Crippen LogP contribution < -0.4 is 4.74 Å². The number of aromatic nitrogens is 1. The van der Waals surface area contributed by atoms with Gasteiger partial charge in [0.25, 0.3) is 5.69 Å². The minimum absolute atomic E-state index is 0.0812. The molecule has 1 heterocycles. The van der Waals surface area contributed by atoms with Crippen molar-refractivity contribution in [2.45, 2.75) is 6.42 Å². The molecule has 0 aliphatic carbocycles. The molecule has 3 nitrogen and oxygen atoms in total. The minimum Gasteiger partial charge on any atom is -0.508 e. The second-order valence-electron chi connectivity index (χ2n) is 3.74. The molecule has 0 aliphatic heterocycles. The van der Waals surface area contributed by atoms with Crippen molar-refractivity contribution in [2.24, 2.45) is 0 Å². The number of halogens is 1. The first-order chi connectivity index (χ1) is 8.74. The number of methoxy groups -OCH3 is 1. The van der Waals surface area contributed by atoms with Crippen LogP contribution in [0.1, 0.15) is 11.3 Å². The lowest BCUT2D eigenvalue weighted by molar-refractivity contribution is 0.414. The van der Waals surface area contributed by atoms with Gasteiger partial charge in [0.1, 0.15) is 11.6 Å². The van der Waals surface area contributed by atoms with Crippen molar-refractivity contribution < 1.29 is 9.13 Å². The van der Waals surface area contributed by atoms with E-state index >= 15 is 0 Å². The van der Waals surface area contributed by atoms with Crippen molar-refractivity contribution in [3.8, 4) is 5.75 Å². The Morgan fingerprint density at radius 3 is 2.83 bits per heavy atom. The van der Waals surface area contributed by atoms with Crippen LogP contribution in [0.25, 0.3) is 4.85 Å². The number of ether oxygens (including phenoxy) is 1.